The molecule has 1 aliphatic heterocycles. The highest BCUT2D eigenvalue weighted by molar-refractivity contribution is 6.06. The van der Waals surface area contributed by atoms with E-state index < -0.39 is 17.7 Å². The van der Waals surface area contributed by atoms with E-state index in [2.05, 4.69) is 19.9 Å². The Balaban J connectivity index is 1.64. The Morgan fingerprint density at radius 3 is 2.44 bits per heavy atom. The van der Waals surface area contributed by atoms with Crippen molar-refractivity contribution in [3.8, 4) is 22.4 Å². The third-order valence-corrected chi connectivity index (χ3v) is 6.05. The third-order valence-electron chi connectivity index (χ3n) is 6.05. The lowest BCUT2D eigenvalue weighted by Gasteiger charge is -2.26. The summed E-state index contributed by atoms with van der Waals surface area (Å²) in [5.74, 6) is -2.40. The van der Waals surface area contributed by atoms with Gasteiger partial charge in [0.2, 0.25) is 0 Å². The molecule has 2 aromatic carbocycles. The van der Waals surface area contributed by atoms with Gasteiger partial charge in [-0.15, -0.1) is 0 Å². The van der Waals surface area contributed by atoms with Crippen LogP contribution in [0.5, 0.6) is 0 Å². The standard InChI is InChI=1S/C26H22FN5O4/c27-20-4-2-1-3-16(20)17-7-8-19(26(34)35)22-23(17)31-21(13-29-22)18-6-5-15(30-24(18)25(28)33)14-32-9-11-36-12-10-32/h1-8,13H,9-12,14H2,(H2,28,33)(H,34,35). The van der Waals surface area contributed by atoms with Crippen molar-refractivity contribution in [3.05, 3.63) is 77.5 Å². The number of aromatic carboxylic acids is 1. The number of carboxylic acids is 1. The van der Waals surface area contributed by atoms with Crippen LogP contribution < -0.4 is 5.73 Å². The van der Waals surface area contributed by atoms with Crippen LogP contribution in [-0.2, 0) is 11.3 Å². The molecule has 1 saturated heterocycles. The fourth-order valence-electron chi connectivity index (χ4n) is 4.27. The zero-order chi connectivity index (χ0) is 25.2. The average molecular weight is 487 g/mol. The second-order valence-corrected chi connectivity index (χ2v) is 8.35. The molecule has 182 valence electrons. The number of morpholine rings is 1. The molecular weight excluding hydrogens is 465 g/mol. The third kappa shape index (κ3) is 4.51. The number of fused-ring (bicyclic) bond motifs is 1. The molecule has 1 amide bonds. The second-order valence-electron chi connectivity index (χ2n) is 8.35. The van der Waals surface area contributed by atoms with Gasteiger partial charge in [0, 0.05) is 36.3 Å². The molecular formula is C26H22FN5O4. The number of primary amides is 1. The van der Waals surface area contributed by atoms with E-state index in [1.807, 2.05) is 0 Å². The number of rotatable bonds is 6. The highest BCUT2D eigenvalue weighted by atomic mass is 19.1. The number of benzene rings is 2. The van der Waals surface area contributed by atoms with E-state index in [0.29, 0.717) is 36.6 Å². The highest BCUT2D eigenvalue weighted by Crippen LogP contribution is 2.32. The first-order chi connectivity index (χ1) is 17.4. The van der Waals surface area contributed by atoms with Crippen LogP contribution in [0.3, 0.4) is 0 Å². The van der Waals surface area contributed by atoms with Crippen molar-refractivity contribution in [2.45, 2.75) is 6.54 Å². The van der Waals surface area contributed by atoms with E-state index in [4.69, 9.17) is 10.5 Å². The first kappa shape index (κ1) is 23.5. The van der Waals surface area contributed by atoms with Crippen LogP contribution in [-0.4, -0.2) is 63.1 Å². The number of carbonyl (C=O) groups is 2. The van der Waals surface area contributed by atoms with Crippen LogP contribution in [0.1, 0.15) is 26.5 Å². The molecule has 1 fully saturated rings. The van der Waals surface area contributed by atoms with E-state index >= 15 is 0 Å². The summed E-state index contributed by atoms with van der Waals surface area (Å²) in [5.41, 5.74) is 7.81. The van der Waals surface area contributed by atoms with Gasteiger partial charge in [-0.2, -0.15) is 0 Å². The number of pyridine rings is 1. The van der Waals surface area contributed by atoms with Crippen molar-refractivity contribution in [1.82, 2.24) is 19.9 Å². The fraction of sp³-hybridized carbons (Fsp3) is 0.192. The van der Waals surface area contributed by atoms with Crippen LogP contribution in [0.15, 0.2) is 54.7 Å². The lowest BCUT2D eigenvalue weighted by molar-refractivity contribution is 0.0336. The molecule has 0 spiro atoms. The minimum atomic E-state index is -1.19. The van der Waals surface area contributed by atoms with Gasteiger partial charge in [-0.3, -0.25) is 14.7 Å². The van der Waals surface area contributed by atoms with E-state index in [0.717, 1.165) is 13.1 Å². The van der Waals surface area contributed by atoms with Crippen LogP contribution in [0, 0.1) is 5.82 Å². The van der Waals surface area contributed by atoms with E-state index in [9.17, 15) is 19.1 Å². The highest BCUT2D eigenvalue weighted by Gasteiger charge is 2.21. The molecule has 2 aromatic heterocycles. The first-order valence-electron chi connectivity index (χ1n) is 11.3. The molecule has 0 radical (unpaired) electrons. The molecule has 0 atom stereocenters. The Labute approximate surface area is 205 Å². The summed E-state index contributed by atoms with van der Waals surface area (Å²) in [4.78, 5) is 39.8. The van der Waals surface area contributed by atoms with Crippen LogP contribution >= 0.6 is 0 Å². The molecule has 10 heteroatoms. The predicted octanol–water partition coefficient (Wildman–Crippen LogP) is 3.13. The van der Waals surface area contributed by atoms with Crippen molar-refractivity contribution in [3.63, 3.8) is 0 Å². The SMILES string of the molecule is NC(=O)c1nc(CN2CCOCC2)ccc1-c1cnc2c(C(=O)O)ccc(-c3ccccc3F)c2n1. The van der Waals surface area contributed by atoms with Gasteiger partial charge in [-0.05, 0) is 24.3 Å². The van der Waals surface area contributed by atoms with Crippen molar-refractivity contribution in [2.75, 3.05) is 26.3 Å². The van der Waals surface area contributed by atoms with Gasteiger partial charge in [0.25, 0.3) is 5.91 Å². The Morgan fingerprint density at radius 1 is 0.972 bits per heavy atom. The molecule has 0 unspecified atom stereocenters. The number of nitrogens with zero attached hydrogens (tertiary/aromatic N) is 4. The van der Waals surface area contributed by atoms with Gasteiger partial charge >= 0.3 is 5.97 Å². The fourth-order valence-corrected chi connectivity index (χ4v) is 4.27. The molecule has 3 N–H and O–H groups in total. The smallest absolute Gasteiger partial charge is 0.337 e. The summed E-state index contributed by atoms with van der Waals surface area (Å²) in [7, 11) is 0. The predicted molar refractivity (Wildman–Crippen MR) is 130 cm³/mol. The molecule has 5 rings (SSSR count). The first-order valence-corrected chi connectivity index (χ1v) is 11.3. The summed E-state index contributed by atoms with van der Waals surface area (Å²) in [6, 6.07) is 12.5. The van der Waals surface area contributed by atoms with Gasteiger partial charge in [0.05, 0.1) is 41.9 Å². The van der Waals surface area contributed by atoms with Gasteiger partial charge in [0.15, 0.2) is 0 Å². The molecule has 3 heterocycles. The topological polar surface area (TPSA) is 132 Å². The van der Waals surface area contributed by atoms with Crippen LogP contribution in [0.2, 0.25) is 0 Å². The summed E-state index contributed by atoms with van der Waals surface area (Å²) >= 11 is 0. The summed E-state index contributed by atoms with van der Waals surface area (Å²) in [5, 5.41) is 9.64. The normalized spacial score (nSPS) is 14.1. The van der Waals surface area contributed by atoms with Gasteiger partial charge in [-0.25, -0.2) is 19.2 Å². The molecule has 0 bridgehead atoms. The van der Waals surface area contributed by atoms with Crippen molar-refractivity contribution in [2.24, 2.45) is 5.73 Å². The van der Waals surface area contributed by atoms with Crippen molar-refractivity contribution >= 4 is 22.9 Å². The quantitative estimate of drug-likeness (QED) is 0.424. The number of aromatic nitrogens is 3. The minimum absolute atomic E-state index is 0.0243. The zero-order valence-corrected chi connectivity index (χ0v) is 19.1. The number of halogens is 1. The second kappa shape index (κ2) is 9.76. The maximum atomic E-state index is 14.6. The minimum Gasteiger partial charge on any atom is -0.478 e. The number of hydrogen-bond donors (Lipinski definition) is 2. The maximum Gasteiger partial charge on any atom is 0.337 e. The number of amides is 1. The molecule has 9 nitrogen and oxygen atoms in total. The zero-order valence-electron chi connectivity index (χ0n) is 19.1. The van der Waals surface area contributed by atoms with Gasteiger partial charge < -0.3 is 15.6 Å². The van der Waals surface area contributed by atoms with E-state index in [1.165, 1.54) is 24.4 Å². The Morgan fingerprint density at radius 2 is 1.72 bits per heavy atom. The molecule has 0 saturated carbocycles. The summed E-state index contributed by atoms with van der Waals surface area (Å²) in [6.45, 7) is 3.32. The lowest BCUT2D eigenvalue weighted by Crippen LogP contribution is -2.36. The van der Waals surface area contributed by atoms with Crippen LogP contribution in [0.25, 0.3) is 33.4 Å². The molecule has 4 aromatic rings. The van der Waals surface area contributed by atoms with Crippen molar-refractivity contribution in [1.29, 1.82) is 0 Å². The number of ether oxygens (including phenoxy) is 1. The largest absolute Gasteiger partial charge is 0.478 e. The summed E-state index contributed by atoms with van der Waals surface area (Å²) < 4.78 is 20.0. The molecule has 0 aliphatic carbocycles. The monoisotopic (exact) mass is 487 g/mol. The number of hydrogen-bond acceptors (Lipinski definition) is 7. The maximum absolute atomic E-state index is 14.6. The molecule has 1 aliphatic rings. The van der Waals surface area contributed by atoms with E-state index in [-0.39, 0.29) is 33.5 Å². The van der Waals surface area contributed by atoms with Gasteiger partial charge in [0.1, 0.15) is 17.0 Å². The Bertz CT molecular complexity index is 1490. The van der Waals surface area contributed by atoms with Gasteiger partial charge in [-0.1, -0.05) is 24.3 Å². The summed E-state index contributed by atoms with van der Waals surface area (Å²) in [6.07, 6.45) is 1.37. The number of nitrogens with two attached hydrogens (primary N) is 1. The number of carbonyl (C=O) groups excluding carboxylic acids is 1. The number of carboxylic acid groups (broad SMARTS) is 1. The Hall–Kier alpha value is -4.28. The Kier molecular flexibility index (Phi) is 6.36. The molecule has 36 heavy (non-hydrogen) atoms. The van der Waals surface area contributed by atoms with Crippen LogP contribution in [0.4, 0.5) is 4.39 Å². The average Bonchev–Trinajstić information content (AvgIpc) is 2.88. The van der Waals surface area contributed by atoms with E-state index in [1.54, 1.807) is 30.3 Å². The lowest BCUT2D eigenvalue weighted by atomic mass is 10.00. The van der Waals surface area contributed by atoms with Crippen molar-refractivity contribution < 1.29 is 23.8 Å².